The Morgan fingerprint density at radius 2 is 2.22 bits per heavy atom. The summed E-state index contributed by atoms with van der Waals surface area (Å²) in [4.78, 5) is 12.5. The van der Waals surface area contributed by atoms with Gasteiger partial charge in [-0.25, -0.2) is 0 Å². The van der Waals surface area contributed by atoms with Crippen molar-refractivity contribution in [1.29, 1.82) is 0 Å². The van der Waals surface area contributed by atoms with E-state index in [1.54, 1.807) is 0 Å². The van der Waals surface area contributed by atoms with E-state index in [4.69, 9.17) is 4.74 Å². The second-order valence-corrected chi connectivity index (χ2v) is 5.56. The molecule has 0 amide bonds. The zero-order valence-corrected chi connectivity index (χ0v) is 13.1. The molecule has 0 saturated carbocycles. The molecule has 0 heterocycles. The zero-order valence-electron chi connectivity index (χ0n) is 10.7. The molecule has 18 heavy (non-hydrogen) atoms. The van der Waals surface area contributed by atoms with Gasteiger partial charge in [-0.05, 0) is 31.2 Å². The Bertz CT molecular complexity index is 399. The van der Waals surface area contributed by atoms with Crippen LogP contribution in [0.15, 0.2) is 27.6 Å². The minimum Gasteiger partial charge on any atom is -0.465 e. The minimum absolute atomic E-state index is 0.170. The molecule has 100 valence electrons. The van der Waals surface area contributed by atoms with Gasteiger partial charge in [0.25, 0.3) is 0 Å². The molecule has 1 aromatic carbocycles. The van der Waals surface area contributed by atoms with Gasteiger partial charge in [0, 0.05) is 15.9 Å². The van der Waals surface area contributed by atoms with Crippen LogP contribution in [0.4, 0.5) is 0 Å². The lowest BCUT2D eigenvalue weighted by molar-refractivity contribution is -0.139. The highest BCUT2D eigenvalue weighted by molar-refractivity contribution is 9.10. The fourth-order valence-corrected chi connectivity index (χ4v) is 2.81. The number of thioether (sulfide) groups is 1. The van der Waals surface area contributed by atoms with E-state index in [0.29, 0.717) is 12.4 Å². The Balaban J connectivity index is 2.66. The molecule has 3 nitrogen and oxygen atoms in total. The number of ether oxygens (including phenoxy) is 1. The van der Waals surface area contributed by atoms with E-state index in [1.807, 2.05) is 19.1 Å². The molecule has 0 saturated heterocycles. The van der Waals surface area contributed by atoms with Crippen molar-refractivity contribution in [2.45, 2.75) is 25.3 Å². The lowest BCUT2D eigenvalue weighted by Crippen LogP contribution is -2.13. The molecule has 1 rings (SSSR count). The van der Waals surface area contributed by atoms with Gasteiger partial charge < -0.3 is 10.1 Å². The van der Waals surface area contributed by atoms with Crippen LogP contribution in [0.1, 0.15) is 19.4 Å². The van der Waals surface area contributed by atoms with E-state index in [1.165, 1.54) is 17.3 Å². The first-order valence-electron chi connectivity index (χ1n) is 5.95. The summed E-state index contributed by atoms with van der Waals surface area (Å²) in [6, 6.07) is 6.12. The van der Waals surface area contributed by atoms with Crippen molar-refractivity contribution >= 4 is 33.7 Å². The van der Waals surface area contributed by atoms with Crippen LogP contribution in [0.25, 0.3) is 0 Å². The van der Waals surface area contributed by atoms with Crippen LogP contribution in [0.3, 0.4) is 0 Å². The van der Waals surface area contributed by atoms with Gasteiger partial charge >= 0.3 is 5.97 Å². The summed E-state index contributed by atoms with van der Waals surface area (Å²) in [7, 11) is 0. The van der Waals surface area contributed by atoms with Gasteiger partial charge in [0.1, 0.15) is 0 Å². The summed E-state index contributed by atoms with van der Waals surface area (Å²) in [6.45, 7) is 6.07. The van der Waals surface area contributed by atoms with Crippen LogP contribution in [0.2, 0.25) is 0 Å². The highest BCUT2D eigenvalue weighted by atomic mass is 79.9. The van der Waals surface area contributed by atoms with Crippen molar-refractivity contribution in [3.05, 3.63) is 28.2 Å². The average molecular weight is 332 g/mol. The third-order valence-corrected chi connectivity index (χ3v) is 3.81. The Hall–Kier alpha value is -0.520. The molecule has 0 unspecified atom stereocenters. The fraction of sp³-hybridized carbons (Fsp3) is 0.462. The Morgan fingerprint density at radius 3 is 2.89 bits per heavy atom. The molecule has 0 bridgehead atoms. The van der Waals surface area contributed by atoms with Gasteiger partial charge in [-0.2, -0.15) is 0 Å². The summed E-state index contributed by atoms with van der Waals surface area (Å²) < 4.78 is 5.95. The van der Waals surface area contributed by atoms with Crippen molar-refractivity contribution in [3.63, 3.8) is 0 Å². The maximum atomic E-state index is 11.4. The van der Waals surface area contributed by atoms with Crippen LogP contribution >= 0.6 is 27.7 Å². The first kappa shape index (κ1) is 15.5. The lowest BCUT2D eigenvalue weighted by Gasteiger charge is -2.10. The van der Waals surface area contributed by atoms with Crippen LogP contribution in [0.5, 0.6) is 0 Å². The molecule has 1 aromatic rings. The van der Waals surface area contributed by atoms with Crippen molar-refractivity contribution in [2.75, 3.05) is 18.9 Å². The van der Waals surface area contributed by atoms with Crippen LogP contribution < -0.4 is 5.32 Å². The van der Waals surface area contributed by atoms with E-state index in [-0.39, 0.29) is 5.97 Å². The van der Waals surface area contributed by atoms with Gasteiger partial charge in [0.2, 0.25) is 0 Å². The molecule has 0 aromatic heterocycles. The van der Waals surface area contributed by atoms with E-state index >= 15 is 0 Å². The SMILES string of the molecule is CCNCc1ccc(Br)cc1SCC(=O)OCC. The molecule has 5 heteroatoms. The van der Waals surface area contributed by atoms with Gasteiger partial charge in [0.15, 0.2) is 0 Å². The normalized spacial score (nSPS) is 10.4. The monoisotopic (exact) mass is 331 g/mol. The fourth-order valence-electron chi connectivity index (χ4n) is 1.41. The molecule has 0 aliphatic rings. The molecule has 0 atom stereocenters. The molecule has 0 radical (unpaired) electrons. The highest BCUT2D eigenvalue weighted by Gasteiger charge is 2.08. The molecule has 0 aliphatic carbocycles. The topological polar surface area (TPSA) is 38.3 Å². The van der Waals surface area contributed by atoms with E-state index < -0.39 is 0 Å². The number of carbonyl (C=O) groups excluding carboxylic acids is 1. The molecule has 0 spiro atoms. The van der Waals surface area contributed by atoms with Crippen molar-refractivity contribution in [3.8, 4) is 0 Å². The number of rotatable bonds is 7. The molecule has 0 fully saturated rings. The van der Waals surface area contributed by atoms with Gasteiger partial charge in [-0.15, -0.1) is 11.8 Å². The molecule has 1 N–H and O–H groups in total. The number of benzene rings is 1. The van der Waals surface area contributed by atoms with Gasteiger partial charge in [-0.3, -0.25) is 4.79 Å². The van der Waals surface area contributed by atoms with E-state index in [2.05, 4.69) is 34.2 Å². The lowest BCUT2D eigenvalue weighted by atomic mass is 10.2. The van der Waals surface area contributed by atoms with Crippen molar-refractivity contribution < 1.29 is 9.53 Å². The number of halogens is 1. The predicted molar refractivity (Wildman–Crippen MR) is 78.9 cm³/mol. The van der Waals surface area contributed by atoms with Crippen LogP contribution in [-0.2, 0) is 16.1 Å². The van der Waals surface area contributed by atoms with Crippen molar-refractivity contribution in [1.82, 2.24) is 5.32 Å². The quantitative estimate of drug-likeness (QED) is 0.615. The molecular formula is C13H18BrNO2S. The molecule has 0 aliphatic heterocycles. The standard InChI is InChI=1S/C13H18BrNO2S/c1-3-15-8-10-5-6-11(14)7-12(10)18-9-13(16)17-4-2/h5-7,15H,3-4,8-9H2,1-2H3. The zero-order chi connectivity index (χ0) is 13.4. The Kier molecular flexibility index (Phi) is 7.39. The third-order valence-electron chi connectivity index (χ3n) is 2.25. The summed E-state index contributed by atoms with van der Waals surface area (Å²) in [5, 5.41) is 3.29. The second-order valence-electron chi connectivity index (χ2n) is 3.63. The first-order valence-corrected chi connectivity index (χ1v) is 7.72. The predicted octanol–water partition coefficient (Wildman–Crippen LogP) is 3.21. The number of esters is 1. The van der Waals surface area contributed by atoms with Gasteiger partial charge in [0.05, 0.1) is 12.4 Å². The first-order chi connectivity index (χ1) is 8.67. The summed E-state index contributed by atoms with van der Waals surface area (Å²) in [5.41, 5.74) is 1.20. The summed E-state index contributed by atoms with van der Waals surface area (Å²) >= 11 is 4.97. The average Bonchev–Trinajstić information content (AvgIpc) is 2.35. The molecular weight excluding hydrogens is 314 g/mol. The van der Waals surface area contributed by atoms with Crippen LogP contribution in [-0.4, -0.2) is 24.9 Å². The number of hydrogen-bond acceptors (Lipinski definition) is 4. The van der Waals surface area contributed by atoms with Crippen LogP contribution in [0, 0.1) is 0 Å². The van der Waals surface area contributed by atoms with E-state index in [0.717, 1.165) is 22.5 Å². The van der Waals surface area contributed by atoms with Gasteiger partial charge in [-0.1, -0.05) is 28.9 Å². The maximum Gasteiger partial charge on any atom is 0.316 e. The smallest absolute Gasteiger partial charge is 0.316 e. The Morgan fingerprint density at radius 1 is 1.44 bits per heavy atom. The van der Waals surface area contributed by atoms with Crippen molar-refractivity contribution in [2.24, 2.45) is 0 Å². The number of nitrogens with one attached hydrogen (secondary N) is 1. The number of carbonyl (C=O) groups is 1. The maximum absolute atomic E-state index is 11.4. The van der Waals surface area contributed by atoms with E-state index in [9.17, 15) is 4.79 Å². The number of hydrogen-bond donors (Lipinski definition) is 1. The Labute approximate surface area is 121 Å². The summed E-state index contributed by atoms with van der Waals surface area (Å²) in [6.07, 6.45) is 0. The second kappa shape index (κ2) is 8.56. The third kappa shape index (κ3) is 5.42. The highest BCUT2D eigenvalue weighted by Crippen LogP contribution is 2.26. The minimum atomic E-state index is -0.170. The largest absolute Gasteiger partial charge is 0.465 e. The summed E-state index contributed by atoms with van der Waals surface area (Å²) in [5.74, 6) is 0.181.